The number of pyridine rings is 1. The van der Waals surface area contributed by atoms with Crippen LogP contribution in [0.3, 0.4) is 0 Å². The maximum absolute atomic E-state index is 13.4. The van der Waals surface area contributed by atoms with E-state index < -0.39 is 23.5 Å². The summed E-state index contributed by atoms with van der Waals surface area (Å²) in [5.41, 5.74) is -0.240. The van der Waals surface area contributed by atoms with Crippen LogP contribution in [0.15, 0.2) is 53.1 Å². The van der Waals surface area contributed by atoms with Gasteiger partial charge < -0.3 is 14.6 Å². The van der Waals surface area contributed by atoms with Gasteiger partial charge in [0.2, 0.25) is 11.7 Å². The number of alkyl halides is 3. The summed E-state index contributed by atoms with van der Waals surface area (Å²) in [6, 6.07) is 11.4. The van der Waals surface area contributed by atoms with Crippen LogP contribution >= 0.6 is 0 Å². The van der Waals surface area contributed by atoms with Crippen LogP contribution in [0, 0.1) is 5.92 Å². The van der Waals surface area contributed by atoms with Crippen LogP contribution in [0.5, 0.6) is 0 Å². The molecule has 9 heteroatoms. The fourth-order valence-corrected chi connectivity index (χ4v) is 2.81. The second-order valence-electron chi connectivity index (χ2n) is 7.52. The number of nitrogens with zero attached hydrogens (tertiary/aromatic N) is 3. The third kappa shape index (κ3) is 5.62. The molecule has 0 aliphatic heterocycles. The van der Waals surface area contributed by atoms with Crippen LogP contribution in [-0.4, -0.2) is 29.5 Å². The van der Waals surface area contributed by atoms with Crippen molar-refractivity contribution in [1.29, 1.82) is 0 Å². The minimum Gasteiger partial charge on any atom is -0.431 e. The van der Waals surface area contributed by atoms with Gasteiger partial charge >= 0.3 is 6.18 Å². The Morgan fingerprint density at radius 2 is 1.87 bits per heavy atom. The fraction of sp³-hybridized carbons (Fsp3) is 0.318. The zero-order valence-electron chi connectivity index (χ0n) is 17.4. The monoisotopic (exact) mass is 432 g/mol. The van der Waals surface area contributed by atoms with E-state index in [1.165, 1.54) is 6.20 Å². The number of carbonyl (C=O) groups is 1. The quantitative estimate of drug-likeness (QED) is 0.535. The van der Waals surface area contributed by atoms with E-state index in [9.17, 15) is 18.0 Å². The van der Waals surface area contributed by atoms with Gasteiger partial charge in [0, 0.05) is 19.2 Å². The second-order valence-corrected chi connectivity index (χ2v) is 7.52. The number of oxazole rings is 1. The molecule has 1 aromatic carbocycles. The van der Waals surface area contributed by atoms with Gasteiger partial charge in [0.25, 0.3) is 5.91 Å². The van der Waals surface area contributed by atoms with Gasteiger partial charge in [-0.2, -0.15) is 13.2 Å². The summed E-state index contributed by atoms with van der Waals surface area (Å²) < 4.78 is 45.1. The van der Waals surface area contributed by atoms with Crippen molar-refractivity contribution in [1.82, 2.24) is 9.97 Å². The molecule has 1 amide bonds. The molecule has 164 valence electrons. The Bertz CT molecular complexity index is 1020. The molecule has 0 saturated carbocycles. The van der Waals surface area contributed by atoms with Gasteiger partial charge in [-0.25, -0.2) is 9.97 Å². The van der Waals surface area contributed by atoms with Crippen molar-refractivity contribution in [3.63, 3.8) is 0 Å². The van der Waals surface area contributed by atoms with Crippen molar-refractivity contribution < 1.29 is 22.4 Å². The van der Waals surface area contributed by atoms with E-state index in [4.69, 9.17) is 4.42 Å². The Hall–Kier alpha value is -3.36. The molecule has 2 heterocycles. The molecule has 0 radical (unpaired) electrons. The van der Waals surface area contributed by atoms with E-state index in [1.54, 1.807) is 42.5 Å². The van der Waals surface area contributed by atoms with Crippen molar-refractivity contribution in [2.24, 2.45) is 5.92 Å². The fourth-order valence-electron chi connectivity index (χ4n) is 2.81. The summed E-state index contributed by atoms with van der Waals surface area (Å²) in [6.07, 6.45) is -2.48. The summed E-state index contributed by atoms with van der Waals surface area (Å²) in [5.74, 6) is -1.50. The van der Waals surface area contributed by atoms with Gasteiger partial charge in [0.15, 0.2) is 5.69 Å². The summed E-state index contributed by atoms with van der Waals surface area (Å²) in [6.45, 7) is 5.07. The molecule has 3 rings (SSSR count). The van der Waals surface area contributed by atoms with Crippen LogP contribution in [0.1, 0.15) is 36.5 Å². The van der Waals surface area contributed by atoms with Crippen LogP contribution in [-0.2, 0) is 6.18 Å². The van der Waals surface area contributed by atoms with Crippen molar-refractivity contribution in [2.45, 2.75) is 26.4 Å². The predicted molar refractivity (Wildman–Crippen MR) is 112 cm³/mol. The number of anilines is 2. The highest BCUT2D eigenvalue weighted by molar-refractivity contribution is 6.04. The number of hydrogen-bond donors (Lipinski definition) is 1. The zero-order chi connectivity index (χ0) is 22.6. The van der Waals surface area contributed by atoms with Gasteiger partial charge in [-0.3, -0.25) is 4.79 Å². The van der Waals surface area contributed by atoms with Gasteiger partial charge in [-0.1, -0.05) is 32.0 Å². The third-order valence-corrected chi connectivity index (χ3v) is 4.56. The summed E-state index contributed by atoms with van der Waals surface area (Å²) in [7, 11) is 1.90. The highest BCUT2D eigenvalue weighted by Crippen LogP contribution is 2.35. The number of halogens is 3. The maximum Gasteiger partial charge on any atom is 0.452 e. The Morgan fingerprint density at radius 3 is 2.45 bits per heavy atom. The van der Waals surface area contributed by atoms with Crippen molar-refractivity contribution in [3.8, 4) is 11.5 Å². The summed E-state index contributed by atoms with van der Waals surface area (Å²) >= 11 is 0. The Morgan fingerprint density at radius 1 is 1.16 bits per heavy atom. The van der Waals surface area contributed by atoms with Crippen molar-refractivity contribution >= 4 is 17.4 Å². The molecule has 0 saturated heterocycles. The van der Waals surface area contributed by atoms with E-state index >= 15 is 0 Å². The topological polar surface area (TPSA) is 71.3 Å². The Balaban J connectivity index is 1.79. The first-order chi connectivity index (χ1) is 14.6. The molecular formula is C22H23F3N4O2. The average Bonchev–Trinajstić information content (AvgIpc) is 3.19. The van der Waals surface area contributed by atoms with Gasteiger partial charge in [-0.15, -0.1) is 0 Å². The molecule has 0 fully saturated rings. The summed E-state index contributed by atoms with van der Waals surface area (Å²) in [4.78, 5) is 22.6. The number of rotatable bonds is 7. The average molecular weight is 432 g/mol. The number of aromatic nitrogens is 2. The SMILES string of the molecule is CC(C)CCN(C)c1ccc(NC(=O)c2nc(-c3ccccc3)oc2C(F)(F)F)cn1. The first kappa shape index (κ1) is 22.3. The Labute approximate surface area is 178 Å². The Kier molecular flexibility index (Phi) is 6.62. The standard InChI is InChI=1S/C22H23F3N4O2/c1-14(2)11-12-29(3)17-10-9-16(13-26-17)27-20(30)18-19(22(23,24)25)31-21(28-18)15-7-5-4-6-8-15/h4-10,13-14H,11-12H2,1-3H3,(H,27,30). The van der Waals surface area contributed by atoms with E-state index in [2.05, 4.69) is 29.1 Å². The molecule has 0 unspecified atom stereocenters. The van der Waals surface area contributed by atoms with Crippen LogP contribution < -0.4 is 10.2 Å². The maximum atomic E-state index is 13.4. The van der Waals surface area contributed by atoms with E-state index in [0.29, 0.717) is 17.3 Å². The lowest BCUT2D eigenvalue weighted by Gasteiger charge is -2.19. The molecule has 31 heavy (non-hydrogen) atoms. The molecule has 3 aromatic rings. The number of benzene rings is 1. The molecule has 0 spiro atoms. The van der Waals surface area contributed by atoms with E-state index in [-0.39, 0.29) is 11.6 Å². The van der Waals surface area contributed by atoms with E-state index in [0.717, 1.165) is 13.0 Å². The van der Waals surface area contributed by atoms with Gasteiger partial charge in [0.05, 0.1) is 11.9 Å². The molecule has 0 aliphatic rings. The largest absolute Gasteiger partial charge is 0.452 e. The third-order valence-electron chi connectivity index (χ3n) is 4.56. The molecular weight excluding hydrogens is 409 g/mol. The molecule has 0 bridgehead atoms. The minimum atomic E-state index is -4.87. The van der Waals surface area contributed by atoms with Crippen LogP contribution in [0.2, 0.25) is 0 Å². The lowest BCUT2D eigenvalue weighted by Crippen LogP contribution is -2.21. The first-order valence-corrected chi connectivity index (χ1v) is 9.77. The van der Waals surface area contributed by atoms with Crippen molar-refractivity contribution in [2.75, 3.05) is 23.8 Å². The van der Waals surface area contributed by atoms with Crippen molar-refractivity contribution in [3.05, 3.63) is 60.1 Å². The van der Waals surface area contributed by atoms with Gasteiger partial charge in [0.1, 0.15) is 5.82 Å². The zero-order valence-corrected chi connectivity index (χ0v) is 17.4. The first-order valence-electron chi connectivity index (χ1n) is 9.77. The molecule has 1 N–H and O–H groups in total. The number of carbonyl (C=O) groups excluding carboxylic acids is 1. The van der Waals surface area contributed by atoms with Gasteiger partial charge in [-0.05, 0) is 36.6 Å². The second kappa shape index (κ2) is 9.20. The number of amides is 1. The van der Waals surface area contributed by atoms with Crippen LogP contribution in [0.4, 0.5) is 24.7 Å². The van der Waals surface area contributed by atoms with Crippen LogP contribution in [0.25, 0.3) is 11.5 Å². The summed E-state index contributed by atoms with van der Waals surface area (Å²) in [5, 5.41) is 2.41. The molecule has 6 nitrogen and oxygen atoms in total. The molecule has 0 aliphatic carbocycles. The highest BCUT2D eigenvalue weighted by atomic mass is 19.4. The number of nitrogens with one attached hydrogen (secondary N) is 1. The normalized spacial score (nSPS) is 11.6. The minimum absolute atomic E-state index is 0.253. The molecule has 0 atom stereocenters. The smallest absolute Gasteiger partial charge is 0.431 e. The number of hydrogen-bond acceptors (Lipinski definition) is 5. The molecule has 2 aromatic heterocycles. The van der Waals surface area contributed by atoms with E-state index in [1.807, 2.05) is 11.9 Å². The predicted octanol–water partition coefficient (Wildman–Crippen LogP) is 5.49. The lowest BCUT2D eigenvalue weighted by atomic mass is 10.1. The lowest BCUT2D eigenvalue weighted by molar-refractivity contribution is -0.153. The highest BCUT2D eigenvalue weighted by Gasteiger charge is 2.42.